The topological polar surface area (TPSA) is 91.0 Å². The molecule has 1 amide bonds. The number of benzene rings is 1. The Morgan fingerprint density at radius 2 is 1.90 bits per heavy atom. The summed E-state index contributed by atoms with van der Waals surface area (Å²) in [6.07, 6.45) is 0. The van der Waals surface area contributed by atoms with Gasteiger partial charge in [0, 0.05) is 12.6 Å². The highest BCUT2D eigenvalue weighted by Gasteiger charge is 2.22. The van der Waals surface area contributed by atoms with Gasteiger partial charge in [0.25, 0.3) is 5.91 Å². The van der Waals surface area contributed by atoms with Gasteiger partial charge in [-0.05, 0) is 38.5 Å². The average molecular weight is 416 g/mol. The van der Waals surface area contributed by atoms with Gasteiger partial charge in [-0.25, -0.2) is 4.79 Å². The molecule has 3 aromatic rings. The monoisotopic (exact) mass is 415 g/mol. The van der Waals surface area contributed by atoms with Crippen LogP contribution in [0.25, 0.3) is 0 Å². The fraction of sp³-hybridized carbons (Fsp3) is 0.300. The van der Waals surface area contributed by atoms with Crippen molar-refractivity contribution in [3.8, 4) is 0 Å². The minimum absolute atomic E-state index is 0.0642. The third-order valence-electron chi connectivity index (χ3n) is 4.77. The first-order valence-electron chi connectivity index (χ1n) is 8.94. The van der Waals surface area contributed by atoms with Crippen molar-refractivity contribution in [2.45, 2.75) is 27.3 Å². The molecule has 0 saturated heterocycles. The van der Waals surface area contributed by atoms with Gasteiger partial charge in [-0.15, -0.1) is 0 Å². The molecule has 0 fully saturated rings. The Hall–Kier alpha value is -3.13. The van der Waals surface area contributed by atoms with Gasteiger partial charge in [-0.3, -0.25) is 14.2 Å². The summed E-state index contributed by atoms with van der Waals surface area (Å²) in [5.74, 6) is -0.960. The first-order chi connectivity index (χ1) is 13.7. The minimum atomic E-state index is -0.612. The van der Waals surface area contributed by atoms with Crippen LogP contribution in [0.1, 0.15) is 43.5 Å². The zero-order valence-corrected chi connectivity index (χ0v) is 17.7. The van der Waals surface area contributed by atoms with Gasteiger partial charge in [0.05, 0.1) is 41.4 Å². The Balaban J connectivity index is 1.85. The summed E-state index contributed by atoms with van der Waals surface area (Å²) < 4.78 is 8.07. The van der Waals surface area contributed by atoms with Crippen molar-refractivity contribution in [3.63, 3.8) is 0 Å². The number of nitrogens with zero attached hydrogens (tertiary/aromatic N) is 4. The molecule has 2 heterocycles. The van der Waals surface area contributed by atoms with Gasteiger partial charge >= 0.3 is 5.97 Å². The summed E-state index contributed by atoms with van der Waals surface area (Å²) in [6, 6.07) is 7.20. The summed E-state index contributed by atoms with van der Waals surface area (Å²) >= 11 is 6.21. The van der Waals surface area contributed by atoms with Crippen molar-refractivity contribution in [2.75, 3.05) is 12.4 Å². The first kappa shape index (κ1) is 20.6. The number of amides is 1. The molecule has 0 saturated carbocycles. The van der Waals surface area contributed by atoms with Crippen LogP contribution in [-0.2, 0) is 18.3 Å². The number of esters is 1. The Morgan fingerprint density at radius 3 is 2.52 bits per heavy atom. The molecule has 29 heavy (non-hydrogen) atoms. The van der Waals surface area contributed by atoms with Crippen molar-refractivity contribution in [2.24, 2.45) is 7.05 Å². The second-order valence-corrected chi connectivity index (χ2v) is 7.10. The van der Waals surface area contributed by atoms with Crippen molar-refractivity contribution in [1.82, 2.24) is 19.6 Å². The lowest BCUT2D eigenvalue weighted by Gasteiger charge is -2.09. The second-order valence-electron chi connectivity index (χ2n) is 6.72. The number of methoxy groups -OCH3 is 1. The average Bonchev–Trinajstić information content (AvgIpc) is 3.12. The fourth-order valence-corrected chi connectivity index (χ4v) is 3.13. The molecule has 152 valence electrons. The number of hydrogen-bond donors (Lipinski definition) is 1. The molecule has 0 unspecified atom stereocenters. The lowest BCUT2D eigenvalue weighted by atomic mass is 10.1. The normalized spacial score (nSPS) is 10.8. The van der Waals surface area contributed by atoms with Gasteiger partial charge in [0.1, 0.15) is 0 Å². The minimum Gasteiger partial charge on any atom is -0.464 e. The second kappa shape index (κ2) is 8.08. The number of rotatable bonds is 5. The molecule has 0 aliphatic heterocycles. The molecule has 0 atom stereocenters. The molecule has 0 spiro atoms. The molecule has 0 bridgehead atoms. The standard InChI is InChI=1S/C20H22ClN5O3/c1-11-16(21)12(2)26(23-11)10-14-7-6-8-15(9-14)19(27)22-17-13(3)25(4)24-18(17)20(28)29-5/h6-9H,10H2,1-5H3,(H,22,27). The molecular formula is C20H22ClN5O3. The van der Waals surface area contributed by atoms with Crippen molar-refractivity contribution in [1.29, 1.82) is 0 Å². The highest BCUT2D eigenvalue weighted by Crippen LogP contribution is 2.22. The Kier molecular flexibility index (Phi) is 5.74. The summed E-state index contributed by atoms with van der Waals surface area (Å²) in [5, 5.41) is 12.0. The Bertz CT molecular complexity index is 1100. The maximum Gasteiger partial charge on any atom is 0.360 e. The first-order valence-corrected chi connectivity index (χ1v) is 9.32. The zero-order valence-electron chi connectivity index (χ0n) is 16.9. The number of anilines is 1. The van der Waals surface area contributed by atoms with Gasteiger partial charge in [0.2, 0.25) is 0 Å². The van der Waals surface area contributed by atoms with Crippen LogP contribution in [0.5, 0.6) is 0 Å². The summed E-state index contributed by atoms with van der Waals surface area (Å²) in [7, 11) is 2.96. The summed E-state index contributed by atoms with van der Waals surface area (Å²) in [6.45, 7) is 6.00. The molecule has 3 rings (SSSR count). The third kappa shape index (κ3) is 4.02. The molecule has 1 aromatic carbocycles. The van der Waals surface area contributed by atoms with Crippen LogP contribution in [0.2, 0.25) is 5.02 Å². The number of halogens is 1. The molecule has 0 radical (unpaired) electrons. The van der Waals surface area contributed by atoms with Crippen molar-refractivity contribution < 1.29 is 14.3 Å². The lowest BCUT2D eigenvalue weighted by Crippen LogP contribution is -2.16. The predicted octanol–water partition coefficient (Wildman–Crippen LogP) is 3.28. The van der Waals surface area contributed by atoms with E-state index in [0.29, 0.717) is 28.5 Å². The van der Waals surface area contributed by atoms with Gasteiger partial charge < -0.3 is 10.1 Å². The molecule has 2 aromatic heterocycles. The smallest absolute Gasteiger partial charge is 0.360 e. The number of carbonyl (C=O) groups excluding carboxylic acids is 2. The van der Waals surface area contributed by atoms with Crippen LogP contribution in [0, 0.1) is 20.8 Å². The predicted molar refractivity (Wildman–Crippen MR) is 109 cm³/mol. The SMILES string of the molecule is COC(=O)c1nn(C)c(C)c1NC(=O)c1cccc(Cn2nc(C)c(Cl)c2C)c1. The number of aromatic nitrogens is 4. The Labute approximate surface area is 173 Å². The van der Waals surface area contributed by atoms with Crippen LogP contribution in [-0.4, -0.2) is 38.5 Å². The van der Waals surface area contributed by atoms with E-state index in [1.165, 1.54) is 11.8 Å². The van der Waals surface area contributed by atoms with Crippen LogP contribution >= 0.6 is 11.6 Å². The number of aryl methyl sites for hydroxylation is 2. The maximum atomic E-state index is 12.8. The zero-order chi connectivity index (χ0) is 21.3. The van der Waals surface area contributed by atoms with Crippen LogP contribution in [0.15, 0.2) is 24.3 Å². The van der Waals surface area contributed by atoms with E-state index in [1.54, 1.807) is 36.9 Å². The van der Waals surface area contributed by atoms with Crippen LogP contribution < -0.4 is 5.32 Å². The molecule has 1 N–H and O–H groups in total. The Morgan fingerprint density at radius 1 is 1.17 bits per heavy atom. The van der Waals surface area contributed by atoms with Crippen LogP contribution in [0.4, 0.5) is 5.69 Å². The molecule has 0 aliphatic rings. The van der Waals surface area contributed by atoms with E-state index in [-0.39, 0.29) is 11.6 Å². The highest BCUT2D eigenvalue weighted by atomic mass is 35.5. The van der Waals surface area contributed by atoms with Gasteiger partial charge in [0.15, 0.2) is 5.69 Å². The molecular weight excluding hydrogens is 394 g/mol. The van der Waals surface area contributed by atoms with Gasteiger partial charge in [-0.2, -0.15) is 10.2 Å². The van der Waals surface area contributed by atoms with Crippen molar-refractivity contribution >= 4 is 29.2 Å². The van der Waals surface area contributed by atoms with E-state index in [4.69, 9.17) is 16.3 Å². The van der Waals surface area contributed by atoms with E-state index in [9.17, 15) is 9.59 Å². The molecule has 9 heteroatoms. The third-order valence-corrected chi connectivity index (χ3v) is 5.31. The van der Waals surface area contributed by atoms with E-state index in [0.717, 1.165) is 17.0 Å². The largest absolute Gasteiger partial charge is 0.464 e. The highest BCUT2D eigenvalue weighted by molar-refractivity contribution is 6.31. The van der Waals surface area contributed by atoms with Crippen molar-refractivity contribution in [3.05, 3.63) is 63.2 Å². The lowest BCUT2D eigenvalue weighted by molar-refractivity contribution is 0.0594. The van der Waals surface area contributed by atoms with Crippen LogP contribution in [0.3, 0.4) is 0 Å². The van der Waals surface area contributed by atoms with E-state index >= 15 is 0 Å². The van der Waals surface area contributed by atoms with E-state index in [1.807, 2.05) is 19.9 Å². The fourth-order valence-electron chi connectivity index (χ4n) is 3.00. The number of ether oxygens (including phenoxy) is 1. The molecule has 8 nitrogen and oxygen atoms in total. The number of carbonyl (C=O) groups is 2. The number of nitrogens with one attached hydrogen (secondary N) is 1. The quantitative estimate of drug-likeness (QED) is 0.645. The summed E-state index contributed by atoms with van der Waals surface area (Å²) in [5.41, 5.74) is 4.03. The van der Waals surface area contributed by atoms with E-state index < -0.39 is 5.97 Å². The molecule has 0 aliphatic carbocycles. The maximum absolute atomic E-state index is 12.8. The summed E-state index contributed by atoms with van der Waals surface area (Å²) in [4.78, 5) is 24.8. The number of hydrogen-bond acceptors (Lipinski definition) is 5. The van der Waals surface area contributed by atoms with E-state index in [2.05, 4.69) is 15.5 Å². The van der Waals surface area contributed by atoms with Gasteiger partial charge in [-0.1, -0.05) is 23.7 Å².